The summed E-state index contributed by atoms with van der Waals surface area (Å²) in [4.78, 5) is 15.5. The molecule has 1 aromatic carbocycles. The van der Waals surface area contributed by atoms with Gasteiger partial charge in [-0.2, -0.15) is 0 Å². The molecule has 1 aliphatic heterocycles. The Morgan fingerprint density at radius 3 is 2.80 bits per heavy atom. The fraction of sp³-hybridized carbons (Fsp3) is 0.571. The SMILES string of the molecule is CCNc1cccc(N2CCN(C)C(C)C2)c1[N+](=O)[O-]. The van der Waals surface area contributed by atoms with Crippen molar-refractivity contribution in [3.8, 4) is 0 Å². The van der Waals surface area contributed by atoms with Crippen LogP contribution in [0.1, 0.15) is 13.8 Å². The molecule has 1 saturated heterocycles. The second-order valence-corrected chi connectivity index (χ2v) is 5.24. The average Bonchev–Trinajstić information content (AvgIpc) is 2.42. The molecule has 0 amide bonds. The predicted molar refractivity (Wildman–Crippen MR) is 81.6 cm³/mol. The van der Waals surface area contributed by atoms with Gasteiger partial charge in [0.1, 0.15) is 11.4 Å². The highest BCUT2D eigenvalue weighted by atomic mass is 16.6. The number of nitro benzene ring substituents is 1. The van der Waals surface area contributed by atoms with E-state index in [0.29, 0.717) is 24.0 Å². The zero-order valence-electron chi connectivity index (χ0n) is 12.3. The van der Waals surface area contributed by atoms with Crippen LogP contribution in [0.2, 0.25) is 0 Å². The summed E-state index contributed by atoms with van der Waals surface area (Å²) in [5, 5.41) is 14.5. The first-order valence-electron chi connectivity index (χ1n) is 7.01. The third-order valence-corrected chi connectivity index (χ3v) is 3.86. The van der Waals surface area contributed by atoms with E-state index >= 15 is 0 Å². The lowest BCUT2D eigenvalue weighted by atomic mass is 10.1. The van der Waals surface area contributed by atoms with Gasteiger partial charge in [-0.3, -0.25) is 10.1 Å². The van der Waals surface area contributed by atoms with Crippen molar-refractivity contribution in [2.75, 3.05) is 43.4 Å². The number of nitro groups is 1. The van der Waals surface area contributed by atoms with E-state index in [1.54, 1.807) is 6.07 Å². The first kappa shape index (κ1) is 14.6. The van der Waals surface area contributed by atoms with Crippen LogP contribution in [-0.2, 0) is 0 Å². The van der Waals surface area contributed by atoms with Gasteiger partial charge in [0, 0.05) is 32.2 Å². The highest BCUT2D eigenvalue weighted by molar-refractivity contribution is 5.77. The van der Waals surface area contributed by atoms with Crippen molar-refractivity contribution in [3.63, 3.8) is 0 Å². The molecule has 1 atom stereocenters. The molecular weight excluding hydrogens is 256 g/mol. The average molecular weight is 278 g/mol. The Morgan fingerprint density at radius 1 is 1.45 bits per heavy atom. The van der Waals surface area contributed by atoms with Gasteiger partial charge in [0.25, 0.3) is 0 Å². The highest BCUT2D eigenvalue weighted by Gasteiger charge is 2.28. The van der Waals surface area contributed by atoms with Crippen molar-refractivity contribution >= 4 is 17.1 Å². The van der Waals surface area contributed by atoms with Crippen LogP contribution in [0.4, 0.5) is 17.1 Å². The summed E-state index contributed by atoms with van der Waals surface area (Å²) in [6.45, 7) is 7.30. The van der Waals surface area contributed by atoms with E-state index in [-0.39, 0.29) is 10.6 Å². The summed E-state index contributed by atoms with van der Waals surface area (Å²) in [6, 6.07) is 5.89. The number of hydrogen-bond donors (Lipinski definition) is 1. The monoisotopic (exact) mass is 278 g/mol. The zero-order valence-corrected chi connectivity index (χ0v) is 12.3. The number of piperazine rings is 1. The Labute approximate surface area is 119 Å². The van der Waals surface area contributed by atoms with Crippen LogP contribution in [0.15, 0.2) is 18.2 Å². The summed E-state index contributed by atoms with van der Waals surface area (Å²) >= 11 is 0. The quantitative estimate of drug-likeness (QED) is 0.675. The summed E-state index contributed by atoms with van der Waals surface area (Å²) < 4.78 is 0. The van der Waals surface area contributed by atoms with Gasteiger partial charge in [0.05, 0.1) is 4.92 Å². The molecule has 1 aromatic rings. The fourth-order valence-corrected chi connectivity index (χ4v) is 2.58. The third-order valence-electron chi connectivity index (χ3n) is 3.86. The number of nitrogens with zero attached hydrogens (tertiary/aromatic N) is 3. The normalized spacial score (nSPS) is 19.9. The van der Waals surface area contributed by atoms with Crippen LogP contribution in [0.5, 0.6) is 0 Å². The number of anilines is 2. The maximum Gasteiger partial charge on any atom is 0.315 e. The second kappa shape index (κ2) is 6.09. The van der Waals surface area contributed by atoms with E-state index in [1.807, 2.05) is 19.1 Å². The van der Waals surface area contributed by atoms with Gasteiger partial charge in [-0.05, 0) is 33.0 Å². The van der Waals surface area contributed by atoms with Gasteiger partial charge < -0.3 is 15.1 Å². The van der Waals surface area contributed by atoms with Crippen molar-refractivity contribution < 1.29 is 4.92 Å². The van der Waals surface area contributed by atoms with E-state index in [2.05, 4.69) is 29.1 Å². The Hall–Kier alpha value is -1.82. The van der Waals surface area contributed by atoms with E-state index in [0.717, 1.165) is 19.6 Å². The van der Waals surface area contributed by atoms with Crippen LogP contribution < -0.4 is 10.2 Å². The van der Waals surface area contributed by atoms with Crippen LogP contribution >= 0.6 is 0 Å². The van der Waals surface area contributed by atoms with E-state index in [9.17, 15) is 10.1 Å². The molecule has 110 valence electrons. The molecule has 1 heterocycles. The molecule has 0 spiro atoms. The molecule has 6 heteroatoms. The Kier molecular flexibility index (Phi) is 4.44. The molecular formula is C14H22N4O2. The Balaban J connectivity index is 2.35. The minimum absolute atomic E-state index is 0.186. The van der Waals surface area contributed by atoms with Gasteiger partial charge in [-0.25, -0.2) is 0 Å². The molecule has 1 N–H and O–H groups in total. The highest BCUT2D eigenvalue weighted by Crippen LogP contribution is 2.36. The molecule has 0 bridgehead atoms. The predicted octanol–water partition coefficient (Wildman–Crippen LogP) is 2.17. The van der Waals surface area contributed by atoms with Crippen molar-refractivity contribution in [1.82, 2.24) is 4.90 Å². The zero-order chi connectivity index (χ0) is 14.7. The van der Waals surface area contributed by atoms with Crippen molar-refractivity contribution in [2.24, 2.45) is 0 Å². The van der Waals surface area contributed by atoms with Crippen molar-refractivity contribution in [1.29, 1.82) is 0 Å². The Bertz CT molecular complexity index is 492. The smallest absolute Gasteiger partial charge is 0.315 e. The number of likely N-dealkylation sites (N-methyl/N-ethyl adjacent to an activating group) is 1. The molecule has 0 aromatic heterocycles. The van der Waals surface area contributed by atoms with Gasteiger partial charge in [-0.15, -0.1) is 0 Å². The molecule has 0 radical (unpaired) electrons. The van der Waals surface area contributed by atoms with Crippen LogP contribution in [0.25, 0.3) is 0 Å². The molecule has 1 unspecified atom stereocenters. The van der Waals surface area contributed by atoms with Gasteiger partial charge in [-0.1, -0.05) is 6.07 Å². The minimum atomic E-state index is -0.281. The molecule has 0 aliphatic carbocycles. The summed E-state index contributed by atoms with van der Waals surface area (Å²) in [5.41, 5.74) is 1.50. The Morgan fingerprint density at radius 2 is 2.20 bits per heavy atom. The molecule has 2 rings (SSSR count). The van der Waals surface area contributed by atoms with Crippen LogP contribution in [0.3, 0.4) is 0 Å². The standard InChI is InChI=1S/C14H22N4O2/c1-4-15-12-6-5-7-13(14(12)18(19)20)17-9-8-16(3)11(2)10-17/h5-7,11,15H,4,8-10H2,1-3H3. The van der Waals surface area contributed by atoms with Crippen LogP contribution in [-0.4, -0.2) is 49.1 Å². The van der Waals surface area contributed by atoms with Gasteiger partial charge >= 0.3 is 5.69 Å². The van der Waals surface area contributed by atoms with E-state index in [1.165, 1.54) is 0 Å². The van der Waals surface area contributed by atoms with Crippen LogP contribution in [0, 0.1) is 10.1 Å². The summed E-state index contributed by atoms with van der Waals surface area (Å²) in [7, 11) is 2.09. The molecule has 1 aliphatic rings. The molecule has 6 nitrogen and oxygen atoms in total. The summed E-state index contributed by atoms with van der Waals surface area (Å²) in [6.07, 6.45) is 0. The number of hydrogen-bond acceptors (Lipinski definition) is 5. The lowest BCUT2D eigenvalue weighted by Crippen LogP contribution is -2.50. The largest absolute Gasteiger partial charge is 0.380 e. The van der Waals surface area contributed by atoms with Gasteiger partial charge in [0.2, 0.25) is 0 Å². The first-order chi connectivity index (χ1) is 9.54. The topological polar surface area (TPSA) is 61.6 Å². The summed E-state index contributed by atoms with van der Waals surface area (Å²) in [5.74, 6) is 0. The molecule has 1 fully saturated rings. The minimum Gasteiger partial charge on any atom is -0.380 e. The molecule has 0 saturated carbocycles. The van der Waals surface area contributed by atoms with E-state index < -0.39 is 0 Å². The number of para-hydroxylation sites is 1. The van der Waals surface area contributed by atoms with Crippen molar-refractivity contribution in [3.05, 3.63) is 28.3 Å². The first-order valence-corrected chi connectivity index (χ1v) is 7.01. The fourth-order valence-electron chi connectivity index (χ4n) is 2.58. The number of rotatable bonds is 4. The molecule has 20 heavy (non-hydrogen) atoms. The second-order valence-electron chi connectivity index (χ2n) is 5.24. The van der Waals surface area contributed by atoms with E-state index in [4.69, 9.17) is 0 Å². The third kappa shape index (κ3) is 2.85. The van der Waals surface area contributed by atoms with Crippen molar-refractivity contribution in [2.45, 2.75) is 19.9 Å². The lowest BCUT2D eigenvalue weighted by molar-refractivity contribution is -0.383. The number of benzene rings is 1. The lowest BCUT2D eigenvalue weighted by Gasteiger charge is -2.38. The van der Waals surface area contributed by atoms with Gasteiger partial charge in [0.15, 0.2) is 0 Å². The maximum atomic E-state index is 11.4. The maximum absolute atomic E-state index is 11.4. The number of nitrogens with one attached hydrogen (secondary N) is 1.